The Bertz CT molecular complexity index is 354. The van der Waals surface area contributed by atoms with Crippen LogP contribution in [0.3, 0.4) is 0 Å². The van der Waals surface area contributed by atoms with Crippen LogP contribution in [-0.4, -0.2) is 29.5 Å². The predicted molar refractivity (Wildman–Crippen MR) is 66.2 cm³/mol. The van der Waals surface area contributed by atoms with Crippen molar-refractivity contribution in [3.8, 4) is 0 Å². The van der Waals surface area contributed by atoms with Crippen molar-refractivity contribution < 1.29 is 0 Å². The van der Waals surface area contributed by atoms with Gasteiger partial charge in [0.2, 0.25) is 0 Å². The molecule has 82 valence electrons. The van der Waals surface area contributed by atoms with Crippen molar-refractivity contribution in [3.05, 3.63) is 22.2 Å². The van der Waals surface area contributed by atoms with Crippen molar-refractivity contribution in [3.63, 3.8) is 0 Å². The van der Waals surface area contributed by atoms with E-state index in [0.717, 1.165) is 6.54 Å². The molecule has 3 heteroatoms. The molecule has 0 unspecified atom stereocenters. The summed E-state index contributed by atoms with van der Waals surface area (Å²) in [6, 6.07) is 0. The van der Waals surface area contributed by atoms with E-state index in [1.54, 1.807) is 11.3 Å². The lowest BCUT2D eigenvalue weighted by atomic mass is 10.1. The highest BCUT2D eigenvalue weighted by molar-refractivity contribution is 7.09. The minimum absolute atomic E-state index is 1.08. The van der Waals surface area contributed by atoms with Gasteiger partial charge in [0.05, 0.1) is 10.7 Å². The number of hydrogen-bond donors (Lipinski definition) is 0. The summed E-state index contributed by atoms with van der Waals surface area (Å²) < 4.78 is 0. The molecule has 2 heterocycles. The maximum absolute atomic E-state index is 4.55. The molecule has 2 rings (SSSR count). The van der Waals surface area contributed by atoms with Gasteiger partial charge < -0.3 is 0 Å². The highest BCUT2D eigenvalue weighted by Crippen LogP contribution is 2.22. The van der Waals surface area contributed by atoms with Gasteiger partial charge in [-0.15, -0.1) is 11.3 Å². The van der Waals surface area contributed by atoms with Gasteiger partial charge in [0.15, 0.2) is 0 Å². The zero-order valence-electron chi connectivity index (χ0n) is 9.49. The third kappa shape index (κ3) is 2.67. The van der Waals surface area contributed by atoms with Crippen LogP contribution in [0.2, 0.25) is 0 Å². The van der Waals surface area contributed by atoms with E-state index in [1.807, 2.05) is 0 Å². The second kappa shape index (κ2) is 4.90. The highest BCUT2D eigenvalue weighted by Gasteiger charge is 2.14. The monoisotopic (exact) mass is 222 g/mol. The molecule has 0 saturated heterocycles. The molecule has 1 aromatic rings. The van der Waals surface area contributed by atoms with Crippen molar-refractivity contribution >= 4 is 16.9 Å². The summed E-state index contributed by atoms with van der Waals surface area (Å²) in [5.74, 6) is 0. The van der Waals surface area contributed by atoms with Crippen LogP contribution in [0.15, 0.2) is 11.5 Å². The Labute approximate surface area is 95.6 Å². The summed E-state index contributed by atoms with van der Waals surface area (Å²) in [7, 11) is 0. The summed E-state index contributed by atoms with van der Waals surface area (Å²) in [5, 5.41) is 3.34. The summed E-state index contributed by atoms with van der Waals surface area (Å²) in [4.78, 5) is 7.07. The van der Waals surface area contributed by atoms with E-state index in [9.17, 15) is 0 Å². The van der Waals surface area contributed by atoms with Crippen LogP contribution in [0, 0.1) is 6.92 Å². The Morgan fingerprint density at radius 3 is 3.07 bits per heavy atom. The molecular weight excluding hydrogens is 204 g/mol. The van der Waals surface area contributed by atoms with Crippen molar-refractivity contribution in [2.24, 2.45) is 0 Å². The third-order valence-corrected chi connectivity index (χ3v) is 3.49. The lowest BCUT2D eigenvalue weighted by Gasteiger charge is -2.26. The van der Waals surface area contributed by atoms with Gasteiger partial charge in [0.1, 0.15) is 0 Å². The van der Waals surface area contributed by atoms with Gasteiger partial charge in [-0.1, -0.05) is 13.0 Å². The molecule has 0 amide bonds. The summed E-state index contributed by atoms with van der Waals surface area (Å²) >= 11 is 1.74. The summed E-state index contributed by atoms with van der Waals surface area (Å²) in [6.07, 6.45) is 4.76. The SMILES string of the molecule is CCCN1CCC=C(c2csc(C)n2)C1. The second-order valence-corrected chi connectivity index (χ2v) is 5.11. The normalized spacial score (nSPS) is 17.9. The molecule has 0 radical (unpaired) electrons. The molecule has 1 aliphatic rings. The van der Waals surface area contributed by atoms with Gasteiger partial charge in [0, 0.05) is 18.5 Å². The van der Waals surface area contributed by atoms with Crippen LogP contribution in [-0.2, 0) is 0 Å². The molecule has 0 aliphatic carbocycles. The zero-order chi connectivity index (χ0) is 10.7. The second-order valence-electron chi connectivity index (χ2n) is 4.05. The van der Waals surface area contributed by atoms with Crippen LogP contribution in [0.4, 0.5) is 0 Å². The van der Waals surface area contributed by atoms with E-state index < -0.39 is 0 Å². The molecule has 2 nitrogen and oxygen atoms in total. The number of hydrogen-bond acceptors (Lipinski definition) is 3. The van der Waals surface area contributed by atoms with Crippen molar-refractivity contribution in [2.45, 2.75) is 26.7 Å². The number of rotatable bonds is 3. The smallest absolute Gasteiger partial charge is 0.0901 e. The molecule has 0 saturated carbocycles. The van der Waals surface area contributed by atoms with Gasteiger partial charge >= 0.3 is 0 Å². The first-order chi connectivity index (χ1) is 7.29. The zero-order valence-corrected chi connectivity index (χ0v) is 10.3. The van der Waals surface area contributed by atoms with Crippen molar-refractivity contribution in [2.75, 3.05) is 19.6 Å². The van der Waals surface area contributed by atoms with E-state index in [0.29, 0.717) is 0 Å². The van der Waals surface area contributed by atoms with Crippen LogP contribution in [0.5, 0.6) is 0 Å². The molecular formula is C12H18N2S. The van der Waals surface area contributed by atoms with Crippen molar-refractivity contribution in [1.29, 1.82) is 0 Å². The average Bonchev–Trinajstić information content (AvgIpc) is 2.66. The first-order valence-corrected chi connectivity index (χ1v) is 6.51. The maximum Gasteiger partial charge on any atom is 0.0901 e. The minimum Gasteiger partial charge on any atom is -0.299 e. The Morgan fingerprint density at radius 1 is 1.53 bits per heavy atom. The number of thiazole rings is 1. The van der Waals surface area contributed by atoms with E-state index in [1.165, 1.54) is 42.2 Å². The fourth-order valence-corrected chi connectivity index (χ4v) is 2.65. The molecule has 0 atom stereocenters. The Morgan fingerprint density at radius 2 is 2.40 bits per heavy atom. The third-order valence-electron chi connectivity index (χ3n) is 2.72. The van der Waals surface area contributed by atoms with Crippen LogP contribution in [0.1, 0.15) is 30.5 Å². The molecule has 1 aliphatic heterocycles. The first kappa shape index (κ1) is 10.8. The Hall–Kier alpha value is -0.670. The molecule has 1 aromatic heterocycles. The summed E-state index contributed by atoms with van der Waals surface area (Å²) in [6.45, 7) is 7.81. The number of aromatic nitrogens is 1. The minimum atomic E-state index is 1.08. The van der Waals surface area contributed by atoms with Crippen LogP contribution in [0.25, 0.3) is 5.57 Å². The van der Waals surface area contributed by atoms with Crippen LogP contribution < -0.4 is 0 Å². The van der Waals surface area contributed by atoms with Gasteiger partial charge in [0.25, 0.3) is 0 Å². The molecule has 0 aromatic carbocycles. The van der Waals surface area contributed by atoms with E-state index >= 15 is 0 Å². The number of aryl methyl sites for hydroxylation is 1. The molecule has 0 spiro atoms. The highest BCUT2D eigenvalue weighted by atomic mass is 32.1. The largest absolute Gasteiger partial charge is 0.299 e. The van der Waals surface area contributed by atoms with E-state index in [4.69, 9.17) is 0 Å². The fraction of sp³-hybridized carbons (Fsp3) is 0.583. The number of nitrogens with zero attached hydrogens (tertiary/aromatic N) is 2. The molecule has 0 fully saturated rings. The fourth-order valence-electron chi connectivity index (χ4n) is 2.01. The van der Waals surface area contributed by atoms with Crippen molar-refractivity contribution in [1.82, 2.24) is 9.88 Å². The lowest BCUT2D eigenvalue weighted by Crippen LogP contribution is -2.30. The predicted octanol–water partition coefficient (Wildman–Crippen LogP) is 2.95. The molecule has 15 heavy (non-hydrogen) atoms. The molecule has 0 N–H and O–H groups in total. The average molecular weight is 222 g/mol. The quantitative estimate of drug-likeness (QED) is 0.781. The summed E-state index contributed by atoms with van der Waals surface area (Å²) in [5.41, 5.74) is 2.61. The first-order valence-electron chi connectivity index (χ1n) is 5.63. The standard InChI is InChI=1S/C12H18N2S/c1-3-6-14-7-4-5-11(8-14)12-9-15-10(2)13-12/h5,9H,3-4,6-8H2,1-2H3. The van der Waals surface area contributed by atoms with E-state index in [2.05, 4.69) is 35.2 Å². The van der Waals surface area contributed by atoms with Gasteiger partial charge in [-0.25, -0.2) is 4.98 Å². The maximum atomic E-state index is 4.55. The van der Waals surface area contributed by atoms with Crippen LogP contribution >= 0.6 is 11.3 Å². The molecule has 0 bridgehead atoms. The van der Waals surface area contributed by atoms with Gasteiger partial charge in [-0.2, -0.15) is 0 Å². The Balaban J connectivity index is 2.07. The van der Waals surface area contributed by atoms with E-state index in [-0.39, 0.29) is 0 Å². The topological polar surface area (TPSA) is 16.1 Å². The Kier molecular flexibility index (Phi) is 3.54. The van der Waals surface area contributed by atoms with Gasteiger partial charge in [-0.05, 0) is 31.9 Å². The van der Waals surface area contributed by atoms with Gasteiger partial charge in [-0.3, -0.25) is 4.90 Å². The lowest BCUT2D eigenvalue weighted by molar-refractivity contribution is 0.305.